The van der Waals surface area contributed by atoms with Gasteiger partial charge in [0, 0.05) is 24.8 Å². The molecule has 0 bridgehead atoms. The van der Waals surface area contributed by atoms with E-state index < -0.39 is 0 Å². The van der Waals surface area contributed by atoms with Crippen LogP contribution in [0.4, 0.5) is 0 Å². The Kier molecular flexibility index (Phi) is 3.98. The van der Waals surface area contributed by atoms with Gasteiger partial charge in [0.2, 0.25) is 0 Å². The fourth-order valence-electron chi connectivity index (χ4n) is 1.32. The zero-order valence-corrected chi connectivity index (χ0v) is 9.33. The molecular formula is C10H18N4. The largest absolute Gasteiger partial charge is 0.316 e. The van der Waals surface area contributed by atoms with Crippen molar-refractivity contribution in [2.45, 2.75) is 20.0 Å². The second-order valence-corrected chi connectivity index (χ2v) is 3.66. The van der Waals surface area contributed by atoms with Gasteiger partial charge in [-0.15, -0.1) is 0 Å². The lowest BCUT2D eigenvalue weighted by molar-refractivity contribution is 0.393. The predicted octanol–water partition coefficient (Wildman–Crippen LogP) is 0.566. The van der Waals surface area contributed by atoms with Crippen LogP contribution in [0.25, 0.3) is 0 Å². The monoisotopic (exact) mass is 194 g/mol. The van der Waals surface area contributed by atoms with Gasteiger partial charge in [-0.25, -0.2) is 9.97 Å². The minimum atomic E-state index is 0.823. The Labute approximate surface area is 85.4 Å². The number of rotatable bonds is 4. The zero-order chi connectivity index (χ0) is 10.6. The van der Waals surface area contributed by atoms with Gasteiger partial charge in [0.15, 0.2) is 0 Å². The molecule has 0 aliphatic rings. The third-order valence-corrected chi connectivity index (χ3v) is 1.91. The first-order valence-corrected chi connectivity index (χ1v) is 4.74. The van der Waals surface area contributed by atoms with Gasteiger partial charge in [-0.05, 0) is 28.1 Å². The second-order valence-electron chi connectivity index (χ2n) is 3.66. The maximum Gasteiger partial charge on any atom is 0.125 e. The Bertz CT molecular complexity index is 296. The van der Waals surface area contributed by atoms with Crippen molar-refractivity contribution in [2.24, 2.45) is 0 Å². The molecule has 1 N–H and O–H groups in total. The molecule has 0 aliphatic carbocycles. The summed E-state index contributed by atoms with van der Waals surface area (Å²) in [5, 5.41) is 3.12. The van der Waals surface area contributed by atoms with E-state index in [4.69, 9.17) is 0 Å². The predicted molar refractivity (Wildman–Crippen MR) is 56.9 cm³/mol. The van der Waals surface area contributed by atoms with Crippen LogP contribution in [0.3, 0.4) is 0 Å². The van der Waals surface area contributed by atoms with E-state index in [0.717, 1.165) is 24.6 Å². The lowest BCUT2D eigenvalue weighted by Crippen LogP contribution is -2.17. The number of aromatic nitrogens is 2. The minimum Gasteiger partial charge on any atom is -0.316 e. The summed E-state index contributed by atoms with van der Waals surface area (Å²) >= 11 is 0. The number of aryl methyl sites for hydroxylation is 1. The molecule has 1 aromatic heterocycles. The lowest BCUT2D eigenvalue weighted by atomic mass is 10.2. The first kappa shape index (κ1) is 11.1. The maximum atomic E-state index is 4.44. The van der Waals surface area contributed by atoms with Gasteiger partial charge < -0.3 is 10.2 Å². The van der Waals surface area contributed by atoms with Gasteiger partial charge in [0.25, 0.3) is 0 Å². The van der Waals surface area contributed by atoms with Crippen LogP contribution in [-0.2, 0) is 13.1 Å². The Morgan fingerprint density at radius 3 is 2.71 bits per heavy atom. The van der Waals surface area contributed by atoms with Gasteiger partial charge in [0.05, 0.1) is 5.69 Å². The summed E-state index contributed by atoms with van der Waals surface area (Å²) in [4.78, 5) is 10.7. The molecule has 14 heavy (non-hydrogen) atoms. The van der Waals surface area contributed by atoms with Crippen molar-refractivity contribution in [1.82, 2.24) is 20.2 Å². The van der Waals surface area contributed by atoms with Crippen molar-refractivity contribution in [3.63, 3.8) is 0 Å². The van der Waals surface area contributed by atoms with E-state index in [-0.39, 0.29) is 0 Å². The molecule has 1 rings (SSSR count). The first-order valence-electron chi connectivity index (χ1n) is 4.74. The Hall–Kier alpha value is -1.00. The van der Waals surface area contributed by atoms with E-state index in [1.54, 1.807) is 0 Å². The topological polar surface area (TPSA) is 41.1 Å². The maximum absolute atomic E-state index is 4.44. The van der Waals surface area contributed by atoms with Crippen molar-refractivity contribution in [2.75, 3.05) is 21.1 Å². The summed E-state index contributed by atoms with van der Waals surface area (Å²) in [5.41, 5.74) is 2.28. The summed E-state index contributed by atoms with van der Waals surface area (Å²) in [5.74, 6) is 0.835. The Morgan fingerprint density at radius 1 is 1.43 bits per heavy atom. The number of hydrogen-bond acceptors (Lipinski definition) is 4. The highest BCUT2D eigenvalue weighted by atomic mass is 15.1. The van der Waals surface area contributed by atoms with Crippen molar-refractivity contribution >= 4 is 0 Å². The molecule has 0 amide bonds. The van der Waals surface area contributed by atoms with E-state index in [2.05, 4.69) is 20.2 Å². The number of nitrogens with one attached hydrogen (secondary N) is 1. The summed E-state index contributed by atoms with van der Waals surface area (Å²) < 4.78 is 0. The summed E-state index contributed by atoms with van der Waals surface area (Å²) in [7, 11) is 6.01. The fourth-order valence-corrected chi connectivity index (χ4v) is 1.32. The van der Waals surface area contributed by atoms with Crippen LogP contribution < -0.4 is 5.32 Å². The highest BCUT2D eigenvalue weighted by Gasteiger charge is 2.05. The van der Waals surface area contributed by atoms with E-state index in [1.807, 2.05) is 34.3 Å². The van der Waals surface area contributed by atoms with E-state index in [1.165, 1.54) is 5.56 Å². The third-order valence-electron chi connectivity index (χ3n) is 1.91. The molecule has 0 aliphatic heterocycles. The fraction of sp³-hybridized carbons (Fsp3) is 0.600. The van der Waals surface area contributed by atoms with E-state index in [0.29, 0.717) is 0 Å². The number of hydrogen-bond donors (Lipinski definition) is 1. The van der Waals surface area contributed by atoms with Gasteiger partial charge in [-0.3, -0.25) is 0 Å². The molecule has 1 heterocycles. The molecule has 0 fully saturated rings. The first-order chi connectivity index (χ1) is 6.63. The van der Waals surface area contributed by atoms with Crippen LogP contribution in [0.5, 0.6) is 0 Å². The molecule has 78 valence electrons. The molecule has 0 saturated heterocycles. The standard InChI is InChI=1S/C10H18N4/c1-8-12-6-9(5-11-2)10(13-8)7-14(3)4/h6,11H,5,7H2,1-4H3. The normalized spacial score (nSPS) is 10.9. The highest BCUT2D eigenvalue weighted by molar-refractivity contribution is 5.17. The molecule has 0 saturated carbocycles. The third kappa shape index (κ3) is 3.05. The van der Waals surface area contributed by atoms with Crippen molar-refractivity contribution in [1.29, 1.82) is 0 Å². The molecule has 0 spiro atoms. The molecule has 0 radical (unpaired) electrons. The molecule has 0 atom stereocenters. The molecule has 4 heteroatoms. The highest BCUT2D eigenvalue weighted by Crippen LogP contribution is 2.06. The quantitative estimate of drug-likeness (QED) is 0.760. The molecule has 0 aromatic carbocycles. The van der Waals surface area contributed by atoms with Crippen LogP contribution in [0, 0.1) is 6.92 Å². The van der Waals surface area contributed by atoms with Gasteiger partial charge in [0.1, 0.15) is 5.82 Å². The lowest BCUT2D eigenvalue weighted by Gasteiger charge is -2.13. The zero-order valence-electron chi connectivity index (χ0n) is 9.33. The van der Waals surface area contributed by atoms with Crippen LogP contribution in [0.15, 0.2) is 6.20 Å². The molecule has 4 nitrogen and oxygen atoms in total. The average molecular weight is 194 g/mol. The van der Waals surface area contributed by atoms with Gasteiger partial charge in [-0.2, -0.15) is 0 Å². The number of nitrogens with zero attached hydrogens (tertiary/aromatic N) is 3. The summed E-state index contributed by atoms with van der Waals surface area (Å²) in [6, 6.07) is 0. The summed E-state index contributed by atoms with van der Waals surface area (Å²) in [6.45, 7) is 3.60. The van der Waals surface area contributed by atoms with Crippen molar-refractivity contribution in [3.05, 3.63) is 23.3 Å². The van der Waals surface area contributed by atoms with Gasteiger partial charge >= 0.3 is 0 Å². The smallest absolute Gasteiger partial charge is 0.125 e. The van der Waals surface area contributed by atoms with Crippen molar-refractivity contribution in [3.8, 4) is 0 Å². The van der Waals surface area contributed by atoms with Crippen LogP contribution in [0.1, 0.15) is 17.1 Å². The minimum absolute atomic E-state index is 0.823. The van der Waals surface area contributed by atoms with Crippen LogP contribution in [-0.4, -0.2) is 36.0 Å². The van der Waals surface area contributed by atoms with E-state index in [9.17, 15) is 0 Å². The second kappa shape index (κ2) is 5.02. The van der Waals surface area contributed by atoms with Crippen LogP contribution >= 0.6 is 0 Å². The SMILES string of the molecule is CNCc1cnc(C)nc1CN(C)C. The molecule has 0 unspecified atom stereocenters. The van der Waals surface area contributed by atoms with Crippen LogP contribution in [0.2, 0.25) is 0 Å². The molecular weight excluding hydrogens is 176 g/mol. The van der Waals surface area contributed by atoms with Crippen molar-refractivity contribution < 1.29 is 0 Å². The molecule has 1 aromatic rings. The van der Waals surface area contributed by atoms with E-state index >= 15 is 0 Å². The Morgan fingerprint density at radius 2 is 2.14 bits per heavy atom. The Balaban J connectivity index is 2.90. The van der Waals surface area contributed by atoms with Gasteiger partial charge in [-0.1, -0.05) is 0 Å². The summed E-state index contributed by atoms with van der Waals surface area (Å²) in [6.07, 6.45) is 1.90. The average Bonchev–Trinajstić information content (AvgIpc) is 2.09.